The first kappa shape index (κ1) is 35.6. The fourth-order valence-electron chi connectivity index (χ4n) is 8.16. The zero-order chi connectivity index (χ0) is 39.5. The Morgan fingerprint density at radius 3 is 1.75 bits per heavy atom. The Morgan fingerprint density at radius 1 is 0.424 bits per heavy atom. The summed E-state index contributed by atoms with van der Waals surface area (Å²) >= 11 is 0. The van der Waals surface area contributed by atoms with E-state index in [9.17, 15) is 0 Å². The molecule has 0 saturated carbocycles. The molecule has 278 valence electrons. The summed E-state index contributed by atoms with van der Waals surface area (Å²) in [7, 11) is 0. The van der Waals surface area contributed by atoms with Crippen molar-refractivity contribution in [1.82, 2.24) is 4.98 Å². The van der Waals surface area contributed by atoms with Crippen molar-refractivity contribution in [2.24, 2.45) is 15.0 Å². The second-order valence-electron chi connectivity index (χ2n) is 14.7. The summed E-state index contributed by atoms with van der Waals surface area (Å²) in [6.07, 6.45) is 0. The lowest BCUT2D eigenvalue weighted by atomic mass is 9.89. The van der Waals surface area contributed by atoms with Crippen LogP contribution in [0.15, 0.2) is 221 Å². The van der Waals surface area contributed by atoms with Crippen LogP contribution in [0, 0.1) is 0 Å². The Morgan fingerprint density at radius 2 is 1.00 bits per heavy atom. The predicted octanol–water partition coefficient (Wildman–Crippen LogP) is 13.8. The lowest BCUT2D eigenvalue weighted by Crippen LogP contribution is -2.05. The lowest BCUT2D eigenvalue weighted by molar-refractivity contribution is 1.06. The Kier molecular flexibility index (Phi) is 9.41. The summed E-state index contributed by atoms with van der Waals surface area (Å²) in [5.74, 6) is 1.12. The molecule has 4 heteroatoms. The van der Waals surface area contributed by atoms with Crippen LogP contribution in [0.5, 0.6) is 0 Å². The summed E-state index contributed by atoms with van der Waals surface area (Å²) in [4.78, 5) is 19.8. The molecule has 1 aromatic heterocycles. The molecular formula is C55H38N4. The average molecular weight is 755 g/mol. The second-order valence-corrected chi connectivity index (χ2v) is 14.7. The van der Waals surface area contributed by atoms with Crippen LogP contribution in [0.25, 0.3) is 76.7 Å². The molecule has 0 spiro atoms. The minimum absolute atomic E-state index is 0.407. The second kappa shape index (κ2) is 15.6. The van der Waals surface area contributed by atoms with E-state index in [4.69, 9.17) is 15.0 Å². The van der Waals surface area contributed by atoms with Gasteiger partial charge < -0.3 is 0 Å². The number of rotatable bonds is 7. The van der Waals surface area contributed by atoms with Crippen molar-refractivity contribution in [2.45, 2.75) is 6.54 Å². The van der Waals surface area contributed by atoms with Gasteiger partial charge in [-0.1, -0.05) is 176 Å². The van der Waals surface area contributed by atoms with Crippen molar-refractivity contribution >= 4 is 61.6 Å². The van der Waals surface area contributed by atoms with Crippen LogP contribution in [0.1, 0.15) is 16.7 Å². The van der Waals surface area contributed by atoms with Gasteiger partial charge in [0, 0.05) is 27.5 Å². The van der Waals surface area contributed by atoms with Gasteiger partial charge in [-0.3, -0.25) is 4.99 Å². The lowest BCUT2D eigenvalue weighted by Gasteiger charge is -2.16. The van der Waals surface area contributed by atoms with Crippen molar-refractivity contribution < 1.29 is 0 Å². The van der Waals surface area contributed by atoms with E-state index in [2.05, 4.69) is 157 Å². The number of nitrogens with zero attached hydrogens (tertiary/aromatic N) is 4. The molecule has 0 bridgehead atoms. The third kappa shape index (κ3) is 6.98. The van der Waals surface area contributed by atoms with Crippen LogP contribution in [0.3, 0.4) is 0 Å². The zero-order valence-electron chi connectivity index (χ0n) is 32.3. The number of aliphatic imine (C=N–C) groups is 3. The molecule has 59 heavy (non-hydrogen) atoms. The number of hydrogen-bond donors (Lipinski definition) is 0. The molecule has 0 N–H and O–H groups in total. The minimum Gasteiger partial charge on any atom is -0.261 e. The molecule has 10 aromatic rings. The number of benzene rings is 9. The van der Waals surface area contributed by atoms with Crippen molar-refractivity contribution in [3.63, 3.8) is 0 Å². The monoisotopic (exact) mass is 754 g/mol. The molecule has 0 aliphatic rings. The number of para-hydroxylation sites is 1. The number of amidine groups is 2. The highest BCUT2D eigenvalue weighted by Crippen LogP contribution is 2.40. The minimum atomic E-state index is 0.407. The highest BCUT2D eigenvalue weighted by Gasteiger charge is 2.16. The van der Waals surface area contributed by atoms with Crippen molar-refractivity contribution in [3.05, 3.63) is 223 Å². The molecule has 4 nitrogen and oxygen atoms in total. The first-order valence-corrected chi connectivity index (χ1v) is 19.8. The maximum absolute atomic E-state index is 5.29. The molecule has 0 radical (unpaired) electrons. The Labute approximate surface area is 343 Å². The molecule has 0 fully saturated rings. The summed E-state index contributed by atoms with van der Waals surface area (Å²) in [6, 6.07) is 72.3. The van der Waals surface area contributed by atoms with Gasteiger partial charge in [0.2, 0.25) is 0 Å². The highest BCUT2D eigenvalue weighted by molar-refractivity contribution is 6.15. The van der Waals surface area contributed by atoms with Crippen LogP contribution in [-0.4, -0.2) is 23.4 Å². The predicted molar refractivity (Wildman–Crippen MR) is 250 cm³/mol. The molecule has 10 rings (SSSR count). The maximum Gasteiger partial charge on any atom is 0.161 e. The van der Waals surface area contributed by atoms with E-state index in [0.717, 1.165) is 77.3 Å². The standard InChI is InChI=1S/C55H38N4/c1-56-54(39-17-4-2-5-18-39)59-55(40-19-6-3-7-20-40)57-36-37-32-43(42-29-28-38-16-8-9-21-41(38)34-42)35-44(33-37)45-30-31-51(47-23-11-10-22-46(45)47)53-50-26-13-12-24-48(50)49-25-14-15-27-52(49)58-53/h2-35H,1,36H2. The molecule has 0 atom stereocenters. The van der Waals surface area contributed by atoms with E-state index in [-0.39, 0.29) is 0 Å². The number of hydrogen-bond acceptors (Lipinski definition) is 2. The van der Waals surface area contributed by atoms with Crippen molar-refractivity contribution in [2.75, 3.05) is 0 Å². The summed E-state index contributed by atoms with van der Waals surface area (Å²) in [6.45, 7) is 4.26. The zero-order valence-corrected chi connectivity index (χ0v) is 32.3. The van der Waals surface area contributed by atoms with Gasteiger partial charge >= 0.3 is 0 Å². The third-order valence-electron chi connectivity index (χ3n) is 11.0. The van der Waals surface area contributed by atoms with Crippen molar-refractivity contribution in [3.8, 4) is 33.5 Å². The summed E-state index contributed by atoms with van der Waals surface area (Å²) in [5.41, 5.74) is 10.5. The number of fused-ring (bicyclic) bond motifs is 5. The Bertz CT molecular complexity index is 3260. The SMILES string of the molecule is C=NC(=NC(=NCc1cc(-c2ccc3ccccc3c2)cc(-c2ccc(-c3nc4ccccc4c4ccccc34)c3ccccc23)c1)c1ccccc1)c1ccccc1. The highest BCUT2D eigenvalue weighted by atomic mass is 15.0. The average Bonchev–Trinajstić information content (AvgIpc) is 3.31. The summed E-state index contributed by atoms with van der Waals surface area (Å²) in [5, 5.41) is 8.23. The van der Waals surface area contributed by atoms with Crippen LogP contribution >= 0.6 is 0 Å². The number of aromatic nitrogens is 1. The van der Waals surface area contributed by atoms with Gasteiger partial charge in [0.15, 0.2) is 11.7 Å². The summed E-state index contributed by atoms with van der Waals surface area (Å²) < 4.78 is 0. The van der Waals surface area contributed by atoms with Gasteiger partial charge in [0.1, 0.15) is 0 Å². The van der Waals surface area contributed by atoms with E-state index in [1.54, 1.807) is 0 Å². The molecule has 0 saturated heterocycles. The van der Waals surface area contributed by atoms with Gasteiger partial charge in [-0.05, 0) is 91.8 Å². The molecule has 1 heterocycles. The largest absolute Gasteiger partial charge is 0.261 e. The topological polar surface area (TPSA) is 50.0 Å². The molecule has 0 amide bonds. The molecule has 0 aliphatic heterocycles. The molecular weight excluding hydrogens is 717 g/mol. The van der Waals surface area contributed by atoms with E-state index < -0.39 is 0 Å². The van der Waals surface area contributed by atoms with Crippen LogP contribution in [-0.2, 0) is 6.54 Å². The molecule has 0 aliphatic carbocycles. The normalized spacial score (nSPS) is 12.1. The van der Waals surface area contributed by atoms with Gasteiger partial charge in [0.05, 0.1) is 17.8 Å². The first-order valence-electron chi connectivity index (χ1n) is 19.8. The maximum atomic E-state index is 5.29. The molecule has 9 aromatic carbocycles. The fraction of sp³-hybridized carbons (Fsp3) is 0.0182. The molecule has 0 unspecified atom stereocenters. The first-order chi connectivity index (χ1) is 29.2. The van der Waals surface area contributed by atoms with Gasteiger partial charge in [-0.15, -0.1) is 0 Å². The fourth-order valence-corrected chi connectivity index (χ4v) is 8.16. The van der Waals surface area contributed by atoms with Gasteiger partial charge in [-0.2, -0.15) is 0 Å². The third-order valence-corrected chi connectivity index (χ3v) is 11.0. The van der Waals surface area contributed by atoms with E-state index in [1.807, 2.05) is 60.7 Å². The van der Waals surface area contributed by atoms with E-state index >= 15 is 0 Å². The Balaban J connectivity index is 1.15. The van der Waals surface area contributed by atoms with Crippen LogP contribution in [0.4, 0.5) is 0 Å². The quantitative estimate of drug-likeness (QED) is 0.0908. The van der Waals surface area contributed by atoms with Gasteiger partial charge in [-0.25, -0.2) is 15.0 Å². The Hall–Kier alpha value is -7.82. The van der Waals surface area contributed by atoms with E-state index in [1.165, 1.54) is 16.2 Å². The van der Waals surface area contributed by atoms with Gasteiger partial charge in [0.25, 0.3) is 0 Å². The number of pyridine rings is 1. The van der Waals surface area contributed by atoms with Crippen molar-refractivity contribution in [1.29, 1.82) is 0 Å². The van der Waals surface area contributed by atoms with Crippen LogP contribution in [0.2, 0.25) is 0 Å². The van der Waals surface area contributed by atoms with Crippen LogP contribution < -0.4 is 0 Å². The van der Waals surface area contributed by atoms with E-state index in [0.29, 0.717) is 18.2 Å². The smallest absolute Gasteiger partial charge is 0.161 e.